The molecule has 0 heterocycles. The van der Waals surface area contributed by atoms with Crippen molar-refractivity contribution < 1.29 is 23.8 Å². The molecule has 1 N–H and O–H groups in total. The summed E-state index contributed by atoms with van der Waals surface area (Å²) in [5.74, 6) is 0.558. The molecule has 1 atom stereocenters. The Hall–Kier alpha value is -2.24. The van der Waals surface area contributed by atoms with E-state index in [2.05, 4.69) is 5.32 Å². The third-order valence-corrected chi connectivity index (χ3v) is 3.29. The summed E-state index contributed by atoms with van der Waals surface area (Å²) < 4.78 is 15.9. The van der Waals surface area contributed by atoms with E-state index in [9.17, 15) is 9.59 Å². The maximum atomic E-state index is 12.3. The number of amides is 1. The van der Waals surface area contributed by atoms with E-state index >= 15 is 0 Å². The van der Waals surface area contributed by atoms with Gasteiger partial charge in [0.15, 0.2) is 0 Å². The second kappa shape index (κ2) is 7.76. The number of rotatable bonds is 4. The zero-order chi connectivity index (χ0) is 19.4. The topological polar surface area (TPSA) is 73.9 Å². The number of nitrogens with one attached hydrogen (secondary N) is 1. The second-order valence-corrected chi connectivity index (χ2v) is 7.90. The number of benzene rings is 1. The molecular weight excluding hydrogens is 322 g/mol. The molecule has 0 spiro atoms. The molecule has 0 aromatic heterocycles. The number of carbonyl (C=O) groups is 2. The van der Waals surface area contributed by atoms with Crippen molar-refractivity contribution in [2.24, 2.45) is 0 Å². The van der Waals surface area contributed by atoms with Crippen LogP contribution in [-0.4, -0.2) is 30.8 Å². The highest BCUT2D eigenvalue weighted by atomic mass is 16.6. The van der Waals surface area contributed by atoms with Crippen LogP contribution < -0.4 is 14.8 Å². The number of esters is 1. The molecule has 1 unspecified atom stereocenters. The van der Waals surface area contributed by atoms with Crippen LogP contribution in [-0.2, 0) is 14.9 Å². The van der Waals surface area contributed by atoms with Gasteiger partial charge in [0.2, 0.25) is 0 Å². The predicted molar refractivity (Wildman–Crippen MR) is 96.2 cm³/mol. The molecule has 0 aliphatic rings. The molecule has 0 saturated carbocycles. The number of hydrogen-bond acceptors (Lipinski definition) is 5. The lowest BCUT2D eigenvalue weighted by molar-refractivity contribution is -0.136. The van der Waals surface area contributed by atoms with Gasteiger partial charge in [0.25, 0.3) is 0 Å². The van der Waals surface area contributed by atoms with Gasteiger partial charge in [-0.3, -0.25) is 0 Å². The van der Waals surface area contributed by atoms with Crippen molar-refractivity contribution in [1.82, 2.24) is 5.32 Å². The first-order chi connectivity index (χ1) is 11.3. The Balaban J connectivity index is 2.88. The zero-order valence-corrected chi connectivity index (χ0v) is 16.4. The molecular formula is C19H29NO5. The van der Waals surface area contributed by atoms with E-state index in [-0.39, 0.29) is 5.41 Å². The Morgan fingerprint density at radius 2 is 1.68 bits per heavy atom. The maximum Gasteiger partial charge on any atom is 0.408 e. The van der Waals surface area contributed by atoms with Crippen molar-refractivity contribution in [3.8, 4) is 11.5 Å². The molecule has 1 rings (SSSR count). The number of methoxy groups -OCH3 is 1. The molecule has 1 aromatic rings. The van der Waals surface area contributed by atoms with E-state index in [1.165, 1.54) is 0 Å². The van der Waals surface area contributed by atoms with Crippen LogP contribution in [0.25, 0.3) is 0 Å². The fourth-order valence-electron chi connectivity index (χ4n) is 2.05. The van der Waals surface area contributed by atoms with Gasteiger partial charge in [-0.05, 0) is 51.3 Å². The average Bonchev–Trinajstić information content (AvgIpc) is 2.44. The highest BCUT2D eigenvalue weighted by Crippen LogP contribution is 2.34. The van der Waals surface area contributed by atoms with Crippen molar-refractivity contribution in [2.75, 3.05) is 7.11 Å². The summed E-state index contributed by atoms with van der Waals surface area (Å²) in [5.41, 5.74) is -0.0422. The van der Waals surface area contributed by atoms with Gasteiger partial charge in [-0.2, -0.15) is 0 Å². The van der Waals surface area contributed by atoms with E-state index in [1.807, 2.05) is 26.8 Å². The van der Waals surface area contributed by atoms with Crippen molar-refractivity contribution in [2.45, 2.75) is 65.5 Å². The summed E-state index contributed by atoms with van der Waals surface area (Å²) in [5, 5.41) is 2.48. The van der Waals surface area contributed by atoms with Gasteiger partial charge < -0.3 is 19.5 Å². The molecule has 0 radical (unpaired) electrons. The monoisotopic (exact) mass is 351 g/mol. The molecule has 6 nitrogen and oxygen atoms in total. The Morgan fingerprint density at radius 1 is 1.08 bits per heavy atom. The van der Waals surface area contributed by atoms with Crippen LogP contribution in [0, 0.1) is 0 Å². The zero-order valence-electron chi connectivity index (χ0n) is 16.4. The van der Waals surface area contributed by atoms with E-state index in [0.29, 0.717) is 11.5 Å². The number of hydrogen-bond donors (Lipinski definition) is 1. The van der Waals surface area contributed by atoms with Crippen molar-refractivity contribution in [3.63, 3.8) is 0 Å². The third-order valence-electron chi connectivity index (χ3n) is 3.29. The third kappa shape index (κ3) is 6.64. The number of alkyl carbamates (subject to hydrolysis) is 1. The van der Waals surface area contributed by atoms with Crippen LogP contribution in [0.2, 0.25) is 0 Å². The Morgan fingerprint density at radius 3 is 2.16 bits per heavy atom. The summed E-state index contributed by atoms with van der Waals surface area (Å²) >= 11 is 0. The van der Waals surface area contributed by atoms with E-state index in [0.717, 1.165) is 5.56 Å². The van der Waals surface area contributed by atoms with Crippen molar-refractivity contribution in [1.29, 1.82) is 0 Å². The van der Waals surface area contributed by atoms with Crippen molar-refractivity contribution in [3.05, 3.63) is 23.8 Å². The Kier molecular flexibility index (Phi) is 6.46. The van der Waals surface area contributed by atoms with Gasteiger partial charge in [-0.25, -0.2) is 9.59 Å². The minimum absolute atomic E-state index is 0.244. The highest BCUT2D eigenvalue weighted by Gasteiger charge is 2.25. The van der Waals surface area contributed by atoms with Crippen LogP contribution in [0.1, 0.15) is 54.0 Å². The fraction of sp³-hybridized carbons (Fsp3) is 0.579. The molecule has 0 saturated heterocycles. The lowest BCUT2D eigenvalue weighted by Gasteiger charge is -2.24. The smallest absolute Gasteiger partial charge is 0.408 e. The molecule has 1 amide bonds. The van der Waals surface area contributed by atoms with E-state index in [4.69, 9.17) is 14.2 Å². The summed E-state index contributed by atoms with van der Waals surface area (Å²) in [6, 6.07) is 4.42. The average molecular weight is 351 g/mol. The Bertz CT molecular complexity index is 626. The quantitative estimate of drug-likeness (QED) is 0.659. The van der Waals surface area contributed by atoms with Gasteiger partial charge >= 0.3 is 12.1 Å². The predicted octanol–water partition coefficient (Wildman–Crippen LogP) is 3.81. The summed E-state index contributed by atoms with van der Waals surface area (Å²) in [4.78, 5) is 24.1. The fourth-order valence-corrected chi connectivity index (χ4v) is 2.05. The normalized spacial score (nSPS) is 13.0. The highest BCUT2D eigenvalue weighted by molar-refractivity contribution is 5.82. The molecule has 6 heteroatoms. The summed E-state index contributed by atoms with van der Waals surface area (Å²) in [6.07, 6.45) is -0.664. The van der Waals surface area contributed by atoms with Crippen LogP contribution >= 0.6 is 0 Å². The Labute approximate surface area is 149 Å². The first-order valence-electron chi connectivity index (χ1n) is 8.23. The number of carbonyl (C=O) groups excluding carboxylic acids is 2. The SMILES string of the molecule is COc1ccc(OC(=O)C(C)NC(=O)OC(C)(C)C)c(C(C)(C)C)c1. The molecule has 0 bridgehead atoms. The molecule has 25 heavy (non-hydrogen) atoms. The van der Waals surface area contributed by atoms with Crippen LogP contribution in [0.4, 0.5) is 4.79 Å². The van der Waals surface area contributed by atoms with Gasteiger partial charge in [0.05, 0.1) is 7.11 Å². The van der Waals surface area contributed by atoms with Gasteiger partial charge in [0, 0.05) is 5.56 Å². The molecule has 0 fully saturated rings. The first kappa shape index (κ1) is 20.8. The minimum Gasteiger partial charge on any atom is -0.497 e. The maximum absolute atomic E-state index is 12.3. The molecule has 0 aliphatic heterocycles. The van der Waals surface area contributed by atoms with Gasteiger partial charge in [-0.15, -0.1) is 0 Å². The summed E-state index contributed by atoms with van der Waals surface area (Å²) in [6.45, 7) is 12.9. The van der Waals surface area contributed by atoms with Gasteiger partial charge in [-0.1, -0.05) is 20.8 Å². The van der Waals surface area contributed by atoms with Crippen molar-refractivity contribution >= 4 is 12.1 Å². The largest absolute Gasteiger partial charge is 0.497 e. The van der Waals surface area contributed by atoms with Crippen LogP contribution in [0.5, 0.6) is 11.5 Å². The molecule has 0 aliphatic carbocycles. The van der Waals surface area contributed by atoms with E-state index < -0.39 is 23.7 Å². The first-order valence-corrected chi connectivity index (χ1v) is 8.23. The summed E-state index contributed by atoms with van der Waals surface area (Å²) in [7, 11) is 1.58. The van der Waals surface area contributed by atoms with Crippen LogP contribution in [0.15, 0.2) is 18.2 Å². The minimum atomic E-state index is -0.843. The lowest BCUT2D eigenvalue weighted by atomic mass is 9.86. The van der Waals surface area contributed by atoms with E-state index in [1.54, 1.807) is 46.9 Å². The molecule has 140 valence electrons. The van der Waals surface area contributed by atoms with Crippen LogP contribution in [0.3, 0.4) is 0 Å². The number of ether oxygens (including phenoxy) is 3. The lowest BCUT2D eigenvalue weighted by Crippen LogP contribution is -2.43. The molecule has 1 aromatic carbocycles. The van der Waals surface area contributed by atoms with Gasteiger partial charge in [0.1, 0.15) is 23.1 Å². The second-order valence-electron chi connectivity index (χ2n) is 7.90. The standard InChI is InChI=1S/C19H29NO5/c1-12(20-17(22)25-19(5,6)7)16(21)24-15-10-9-13(23-8)11-14(15)18(2,3)4/h9-12H,1-8H3,(H,20,22).